The number of halogens is 4. The highest BCUT2D eigenvalue weighted by atomic mass is 35.5. The number of nitriles is 1. The molecule has 11 nitrogen and oxygen atoms in total. The molecule has 0 spiro atoms. The number of nitrogens with zero attached hydrogens (tertiary/aromatic N) is 4. The largest absolute Gasteiger partial charge is 0.444 e. The number of piperazine rings is 1. The lowest BCUT2D eigenvalue weighted by Gasteiger charge is -2.36. The van der Waals surface area contributed by atoms with Gasteiger partial charge in [-0.15, -0.1) is 0 Å². The number of rotatable bonds is 6. The monoisotopic (exact) mass is 671 g/mol. The number of benzene rings is 2. The average Bonchev–Trinajstić information content (AvgIpc) is 2.95. The molecule has 0 bridgehead atoms. The van der Waals surface area contributed by atoms with Crippen LogP contribution in [0.15, 0.2) is 38.8 Å². The van der Waals surface area contributed by atoms with E-state index in [-0.39, 0.29) is 66.2 Å². The molecule has 1 aliphatic rings. The lowest BCUT2D eigenvalue weighted by Crippen LogP contribution is -2.49. The number of fused-ring (bicyclic) bond motifs is 1. The van der Waals surface area contributed by atoms with Crippen molar-refractivity contribution in [1.29, 1.82) is 5.26 Å². The highest BCUT2D eigenvalue weighted by Crippen LogP contribution is 2.38. The van der Waals surface area contributed by atoms with Gasteiger partial charge < -0.3 is 20.1 Å². The zero-order valence-corrected chi connectivity index (χ0v) is 26.6. The Balaban J connectivity index is 0.00000552. The third kappa shape index (κ3) is 7.93. The Morgan fingerprint density at radius 3 is 2.31 bits per heavy atom. The van der Waals surface area contributed by atoms with Gasteiger partial charge in [0, 0.05) is 43.4 Å². The molecule has 2 heterocycles. The quantitative estimate of drug-likeness (QED) is 0.419. The van der Waals surface area contributed by atoms with Gasteiger partial charge in [-0.05, 0) is 56.2 Å². The third-order valence-corrected chi connectivity index (χ3v) is 8.89. The first-order valence-electron chi connectivity index (χ1n) is 13.7. The summed E-state index contributed by atoms with van der Waals surface area (Å²) in [6.45, 7) is 7.13. The molecule has 1 fully saturated rings. The summed E-state index contributed by atoms with van der Waals surface area (Å²) in [4.78, 5) is 44.9. The molecule has 244 valence electrons. The van der Waals surface area contributed by atoms with Crippen molar-refractivity contribution in [2.24, 2.45) is 0 Å². The molecule has 0 radical (unpaired) electrons. The molecule has 16 heteroatoms. The number of aromatic nitrogens is 2. The molecule has 2 aromatic carbocycles. The number of carbonyl (C=O) groups is 1. The Labute approximate surface area is 263 Å². The van der Waals surface area contributed by atoms with Crippen molar-refractivity contribution >= 4 is 39.4 Å². The smallest absolute Gasteiger partial charge is 0.416 e. The summed E-state index contributed by atoms with van der Waals surface area (Å²) in [6.07, 6.45) is -5.40. The molecule has 1 saturated heterocycles. The van der Waals surface area contributed by atoms with Crippen molar-refractivity contribution in [3.8, 4) is 6.07 Å². The second-order valence-electron chi connectivity index (χ2n) is 11.3. The van der Waals surface area contributed by atoms with Crippen LogP contribution in [0.4, 0.5) is 18.0 Å². The van der Waals surface area contributed by atoms with Gasteiger partial charge in [-0.3, -0.25) is 18.5 Å². The number of ether oxygens (including phenoxy) is 1. The van der Waals surface area contributed by atoms with Gasteiger partial charge in [0.05, 0.1) is 50.5 Å². The van der Waals surface area contributed by atoms with E-state index >= 15 is 0 Å². The summed E-state index contributed by atoms with van der Waals surface area (Å²) < 4.78 is 61.8. The Morgan fingerprint density at radius 1 is 1.11 bits per heavy atom. The van der Waals surface area contributed by atoms with Gasteiger partial charge in [-0.1, -0.05) is 18.5 Å². The number of carbonyl (C=O) groups excluding carboxylic acids is 1. The number of aromatic amines is 1. The summed E-state index contributed by atoms with van der Waals surface area (Å²) in [5.74, 6) is 0.227. The van der Waals surface area contributed by atoms with E-state index in [9.17, 15) is 37.0 Å². The highest BCUT2D eigenvalue weighted by molar-refractivity contribution is 7.85. The first-order chi connectivity index (χ1) is 20.5. The maximum absolute atomic E-state index is 14.4. The zero-order chi connectivity index (χ0) is 32.6. The number of H-pyrrole nitrogens is 1. The van der Waals surface area contributed by atoms with Gasteiger partial charge in [-0.25, -0.2) is 9.59 Å². The van der Waals surface area contributed by atoms with Crippen LogP contribution in [0, 0.1) is 11.3 Å². The molecule has 1 unspecified atom stereocenters. The third-order valence-electron chi connectivity index (χ3n) is 7.06. The van der Waals surface area contributed by atoms with Crippen molar-refractivity contribution in [3.63, 3.8) is 0 Å². The summed E-state index contributed by atoms with van der Waals surface area (Å²) in [5.41, 5.74) is -3.88. The molecule has 3 aromatic rings. The van der Waals surface area contributed by atoms with E-state index in [2.05, 4.69) is 4.98 Å². The second-order valence-corrected chi connectivity index (χ2v) is 13.4. The van der Waals surface area contributed by atoms with Crippen LogP contribution in [0.3, 0.4) is 0 Å². The maximum Gasteiger partial charge on any atom is 0.416 e. The number of nitrogens with one attached hydrogen (secondary N) is 1. The van der Waals surface area contributed by atoms with E-state index in [0.717, 1.165) is 0 Å². The van der Waals surface area contributed by atoms with Crippen LogP contribution < -0.4 is 11.2 Å². The van der Waals surface area contributed by atoms with Crippen molar-refractivity contribution in [2.45, 2.75) is 57.5 Å². The molecule has 3 N–H and O–H groups in total. The minimum absolute atomic E-state index is 0. The maximum atomic E-state index is 14.4. The minimum Gasteiger partial charge on any atom is -0.444 e. The van der Waals surface area contributed by atoms with Gasteiger partial charge in [0.15, 0.2) is 0 Å². The highest BCUT2D eigenvalue weighted by Gasteiger charge is 2.37. The van der Waals surface area contributed by atoms with E-state index in [1.165, 1.54) is 23.1 Å². The first-order valence-corrected chi connectivity index (χ1v) is 15.4. The number of amides is 1. The van der Waals surface area contributed by atoms with E-state index in [1.807, 2.05) is 6.07 Å². The van der Waals surface area contributed by atoms with Crippen LogP contribution in [-0.2, 0) is 34.8 Å². The van der Waals surface area contributed by atoms with Crippen molar-refractivity contribution in [1.82, 2.24) is 19.4 Å². The van der Waals surface area contributed by atoms with Crippen LogP contribution >= 0.6 is 11.6 Å². The Morgan fingerprint density at radius 2 is 1.76 bits per heavy atom. The van der Waals surface area contributed by atoms with Crippen LogP contribution in [0.5, 0.6) is 0 Å². The summed E-state index contributed by atoms with van der Waals surface area (Å²) in [6, 6.07) is 6.92. The van der Waals surface area contributed by atoms with Crippen molar-refractivity contribution in [3.05, 3.63) is 72.4 Å². The number of alkyl halides is 3. The molecule has 1 amide bonds. The molecule has 1 aromatic heterocycles. The fraction of sp³-hybridized carbons (Fsp3) is 0.448. The van der Waals surface area contributed by atoms with Gasteiger partial charge in [-0.2, -0.15) is 18.4 Å². The lowest BCUT2D eigenvalue weighted by molar-refractivity contribution is -0.138. The van der Waals surface area contributed by atoms with Crippen LogP contribution in [-0.4, -0.2) is 72.7 Å². The van der Waals surface area contributed by atoms with Crippen LogP contribution in [0.1, 0.15) is 49.9 Å². The Hall–Kier alpha value is -3.71. The Kier molecular flexibility index (Phi) is 10.9. The normalized spacial score (nSPS) is 15.0. The first kappa shape index (κ1) is 35.8. The number of hydrogen-bond donors (Lipinski definition) is 1. The predicted molar refractivity (Wildman–Crippen MR) is 163 cm³/mol. The molecule has 0 saturated carbocycles. The second kappa shape index (κ2) is 13.7. The molecule has 1 aliphatic heterocycles. The fourth-order valence-electron chi connectivity index (χ4n) is 4.90. The van der Waals surface area contributed by atoms with Gasteiger partial charge in [0.2, 0.25) is 0 Å². The average molecular weight is 672 g/mol. The van der Waals surface area contributed by atoms with Crippen molar-refractivity contribution < 1.29 is 32.4 Å². The fourth-order valence-corrected chi connectivity index (χ4v) is 6.16. The Bertz CT molecular complexity index is 1790. The van der Waals surface area contributed by atoms with Gasteiger partial charge in [0.1, 0.15) is 5.60 Å². The van der Waals surface area contributed by atoms with Gasteiger partial charge in [0.25, 0.3) is 5.56 Å². The SMILES string of the molecule is CCS(=O)c1ccc(C#N)cc1Cn1c(=O)[nH]c2c(Cl)c(CN3CCN(C(=O)OC(C)(C)C)CC3)c(C(F)(F)F)cc2c1=O.O. The predicted octanol–water partition coefficient (Wildman–Crippen LogP) is 3.64. The van der Waals surface area contributed by atoms with E-state index in [0.29, 0.717) is 15.5 Å². The minimum atomic E-state index is -4.88. The molecule has 0 aliphatic carbocycles. The summed E-state index contributed by atoms with van der Waals surface area (Å²) >= 11 is 6.50. The number of hydrogen-bond acceptors (Lipinski definition) is 7. The summed E-state index contributed by atoms with van der Waals surface area (Å²) in [7, 11) is -1.50. The van der Waals surface area contributed by atoms with Crippen molar-refractivity contribution in [2.75, 3.05) is 31.9 Å². The van der Waals surface area contributed by atoms with Gasteiger partial charge >= 0.3 is 18.0 Å². The lowest BCUT2D eigenvalue weighted by atomic mass is 10.0. The van der Waals surface area contributed by atoms with Crippen LogP contribution in [0.2, 0.25) is 5.02 Å². The molecular weight excluding hydrogens is 639 g/mol. The molecular formula is C29H33ClF3N5O6S. The van der Waals surface area contributed by atoms with E-state index < -0.39 is 62.4 Å². The summed E-state index contributed by atoms with van der Waals surface area (Å²) in [5, 5.41) is 8.45. The molecule has 45 heavy (non-hydrogen) atoms. The molecule has 1 atom stereocenters. The standard InChI is InChI=1S/C29H31ClF3N5O5S.H2O/c1-5-44(42)22-7-6-17(14-34)12-18(22)15-38-25(39)19-13-21(29(31,32)33)20(23(30)24(19)35-26(38)40)16-36-8-10-37(11-9-36)27(41)43-28(2,3)4;/h6-7,12-13H,5,8-11,15-16H2,1-4H3,(H,35,40);1H2. The van der Waals surface area contributed by atoms with Crippen LogP contribution in [0.25, 0.3) is 10.9 Å². The zero-order valence-electron chi connectivity index (χ0n) is 25.0. The van der Waals surface area contributed by atoms with E-state index in [1.54, 1.807) is 32.6 Å². The van der Waals surface area contributed by atoms with E-state index in [4.69, 9.17) is 16.3 Å². The topological polar surface area (TPSA) is 160 Å². The molecule has 4 rings (SSSR count).